The van der Waals surface area contributed by atoms with Gasteiger partial charge in [-0.3, -0.25) is 0 Å². The largest absolute Gasteiger partial charge is 0.497 e. The van der Waals surface area contributed by atoms with Crippen LogP contribution in [0.5, 0.6) is 11.5 Å². The summed E-state index contributed by atoms with van der Waals surface area (Å²) in [5, 5.41) is 0. The maximum Gasteiger partial charge on any atom is 0.118 e. The van der Waals surface area contributed by atoms with E-state index in [2.05, 4.69) is 0 Å². The predicted molar refractivity (Wildman–Crippen MR) is 78.3 cm³/mol. The standard InChI is InChI=1S/C14H14O3S2/c1-16-11-3-7-13(8-4-11)18-19(15)14-9-5-12(17-2)6-10-14/h3-10H,1-2H3. The van der Waals surface area contributed by atoms with Gasteiger partial charge in [0, 0.05) is 4.90 Å². The molecule has 0 heterocycles. The van der Waals surface area contributed by atoms with Gasteiger partial charge < -0.3 is 9.47 Å². The van der Waals surface area contributed by atoms with E-state index in [9.17, 15) is 4.21 Å². The molecule has 2 aromatic carbocycles. The van der Waals surface area contributed by atoms with Gasteiger partial charge in [0.25, 0.3) is 0 Å². The van der Waals surface area contributed by atoms with Crippen LogP contribution in [0.3, 0.4) is 0 Å². The lowest BCUT2D eigenvalue weighted by Gasteiger charge is -2.04. The van der Waals surface area contributed by atoms with E-state index in [1.807, 2.05) is 48.5 Å². The molecule has 0 aliphatic heterocycles. The van der Waals surface area contributed by atoms with E-state index in [1.54, 1.807) is 14.2 Å². The van der Waals surface area contributed by atoms with Crippen molar-refractivity contribution in [1.29, 1.82) is 0 Å². The molecule has 1 unspecified atom stereocenters. The summed E-state index contributed by atoms with van der Waals surface area (Å²) < 4.78 is 22.3. The second-order valence-electron chi connectivity index (χ2n) is 3.67. The van der Waals surface area contributed by atoms with E-state index >= 15 is 0 Å². The van der Waals surface area contributed by atoms with Crippen molar-refractivity contribution < 1.29 is 13.7 Å². The van der Waals surface area contributed by atoms with Crippen LogP contribution in [0.2, 0.25) is 0 Å². The summed E-state index contributed by atoms with van der Waals surface area (Å²) in [6.07, 6.45) is 0. The number of methoxy groups -OCH3 is 2. The second-order valence-corrected chi connectivity index (χ2v) is 6.66. The Morgan fingerprint density at radius 2 is 1.32 bits per heavy atom. The first-order valence-electron chi connectivity index (χ1n) is 5.61. The van der Waals surface area contributed by atoms with Gasteiger partial charge >= 0.3 is 0 Å². The van der Waals surface area contributed by atoms with E-state index in [4.69, 9.17) is 9.47 Å². The molecule has 3 nitrogen and oxygen atoms in total. The monoisotopic (exact) mass is 294 g/mol. The van der Waals surface area contributed by atoms with Gasteiger partial charge in [-0.15, -0.1) is 0 Å². The smallest absolute Gasteiger partial charge is 0.118 e. The zero-order chi connectivity index (χ0) is 13.7. The number of ether oxygens (including phenoxy) is 2. The molecule has 0 saturated carbocycles. The summed E-state index contributed by atoms with van der Waals surface area (Å²) in [6.45, 7) is 0. The van der Waals surface area contributed by atoms with Gasteiger partial charge in [0.05, 0.1) is 19.1 Å². The van der Waals surface area contributed by atoms with Crippen molar-refractivity contribution in [3.8, 4) is 11.5 Å². The molecule has 0 spiro atoms. The van der Waals surface area contributed by atoms with Crippen LogP contribution in [0.15, 0.2) is 58.3 Å². The molecule has 100 valence electrons. The fraction of sp³-hybridized carbons (Fsp3) is 0.143. The lowest BCUT2D eigenvalue weighted by molar-refractivity contribution is 0.414. The van der Waals surface area contributed by atoms with Crippen LogP contribution in [-0.4, -0.2) is 18.4 Å². The average Bonchev–Trinajstić information content (AvgIpc) is 2.48. The zero-order valence-corrected chi connectivity index (χ0v) is 12.3. The third kappa shape index (κ3) is 3.75. The Labute approximate surface area is 118 Å². The fourth-order valence-corrected chi connectivity index (χ4v) is 3.81. The number of rotatable bonds is 5. The van der Waals surface area contributed by atoms with Gasteiger partial charge in [-0.1, -0.05) is 0 Å². The highest BCUT2D eigenvalue weighted by molar-refractivity contribution is 8.69. The summed E-state index contributed by atoms with van der Waals surface area (Å²) in [5.41, 5.74) is 0. The van der Waals surface area contributed by atoms with Crippen molar-refractivity contribution in [3.05, 3.63) is 48.5 Å². The van der Waals surface area contributed by atoms with E-state index < -0.39 is 9.83 Å². The Hall–Kier alpha value is -1.46. The maximum absolute atomic E-state index is 12.2. The second kappa shape index (κ2) is 6.63. The molecule has 0 aromatic heterocycles. The summed E-state index contributed by atoms with van der Waals surface area (Å²) in [4.78, 5) is 1.71. The molecular weight excluding hydrogens is 280 g/mol. The van der Waals surface area contributed by atoms with Crippen LogP contribution in [0, 0.1) is 0 Å². The van der Waals surface area contributed by atoms with Crippen LogP contribution in [0.1, 0.15) is 0 Å². The van der Waals surface area contributed by atoms with Crippen LogP contribution < -0.4 is 9.47 Å². The van der Waals surface area contributed by atoms with E-state index in [1.165, 1.54) is 10.8 Å². The lowest BCUT2D eigenvalue weighted by Crippen LogP contribution is -1.88. The maximum atomic E-state index is 12.2. The Kier molecular flexibility index (Phi) is 4.87. The first-order valence-corrected chi connectivity index (χ1v) is 8.09. The molecule has 2 aromatic rings. The number of hydrogen-bond acceptors (Lipinski definition) is 4. The summed E-state index contributed by atoms with van der Waals surface area (Å²) in [7, 11) is 3.40. The number of hydrogen-bond donors (Lipinski definition) is 0. The molecule has 2 rings (SSSR count). The Morgan fingerprint density at radius 3 is 1.79 bits per heavy atom. The fourth-order valence-electron chi connectivity index (χ4n) is 1.45. The molecule has 1 atom stereocenters. The molecule has 0 amide bonds. The first-order chi connectivity index (χ1) is 9.22. The molecule has 0 aliphatic carbocycles. The third-order valence-corrected chi connectivity index (χ3v) is 5.37. The molecule has 0 fully saturated rings. The number of benzene rings is 2. The van der Waals surface area contributed by atoms with E-state index in [0.29, 0.717) is 0 Å². The lowest BCUT2D eigenvalue weighted by atomic mass is 10.3. The van der Waals surface area contributed by atoms with Gasteiger partial charge in [0.2, 0.25) is 0 Å². The SMILES string of the molecule is COc1ccc(SS(=O)c2ccc(OC)cc2)cc1. The Bertz CT molecular complexity index is 550. The van der Waals surface area contributed by atoms with E-state index in [0.717, 1.165) is 21.3 Å². The molecular formula is C14H14O3S2. The highest BCUT2D eigenvalue weighted by atomic mass is 33.1. The van der Waals surface area contributed by atoms with Gasteiger partial charge in [0.1, 0.15) is 21.3 Å². The van der Waals surface area contributed by atoms with Crippen LogP contribution in [-0.2, 0) is 9.83 Å². The minimum atomic E-state index is -1.13. The van der Waals surface area contributed by atoms with Crippen molar-refractivity contribution in [2.75, 3.05) is 14.2 Å². The van der Waals surface area contributed by atoms with Gasteiger partial charge in [-0.05, 0) is 59.3 Å². The Balaban J connectivity index is 2.06. The first kappa shape index (κ1) is 14.0. The van der Waals surface area contributed by atoms with Crippen LogP contribution in [0.4, 0.5) is 0 Å². The van der Waals surface area contributed by atoms with Gasteiger partial charge in [0.15, 0.2) is 0 Å². The average molecular weight is 294 g/mol. The quantitative estimate of drug-likeness (QED) is 0.790. The molecule has 0 aliphatic rings. The zero-order valence-electron chi connectivity index (χ0n) is 10.7. The van der Waals surface area contributed by atoms with Crippen molar-refractivity contribution in [2.24, 2.45) is 0 Å². The van der Waals surface area contributed by atoms with Crippen molar-refractivity contribution in [3.63, 3.8) is 0 Å². The Morgan fingerprint density at radius 1 is 0.842 bits per heavy atom. The summed E-state index contributed by atoms with van der Waals surface area (Å²) in [5.74, 6) is 1.55. The topological polar surface area (TPSA) is 35.5 Å². The highest BCUT2D eigenvalue weighted by Crippen LogP contribution is 2.29. The minimum absolute atomic E-state index is 0.759. The minimum Gasteiger partial charge on any atom is -0.497 e. The van der Waals surface area contributed by atoms with Crippen molar-refractivity contribution >= 4 is 20.6 Å². The van der Waals surface area contributed by atoms with Crippen LogP contribution in [0.25, 0.3) is 0 Å². The summed E-state index contributed by atoms with van der Waals surface area (Å²) >= 11 is 0. The van der Waals surface area contributed by atoms with Gasteiger partial charge in [-0.25, -0.2) is 4.21 Å². The molecule has 19 heavy (non-hydrogen) atoms. The van der Waals surface area contributed by atoms with Gasteiger partial charge in [-0.2, -0.15) is 0 Å². The molecule has 0 radical (unpaired) electrons. The van der Waals surface area contributed by atoms with Crippen LogP contribution >= 0.6 is 10.8 Å². The molecule has 0 N–H and O–H groups in total. The van der Waals surface area contributed by atoms with Crippen molar-refractivity contribution in [2.45, 2.75) is 9.79 Å². The molecule has 0 bridgehead atoms. The highest BCUT2D eigenvalue weighted by Gasteiger charge is 2.06. The third-order valence-electron chi connectivity index (χ3n) is 2.48. The summed E-state index contributed by atoms with van der Waals surface area (Å²) in [6, 6.07) is 14.7. The normalized spacial score (nSPS) is 11.9. The molecule has 0 saturated heterocycles. The van der Waals surface area contributed by atoms with Crippen molar-refractivity contribution in [1.82, 2.24) is 0 Å². The predicted octanol–water partition coefficient (Wildman–Crippen LogP) is 3.52. The molecule has 5 heteroatoms. The van der Waals surface area contributed by atoms with E-state index in [-0.39, 0.29) is 0 Å².